The highest BCUT2D eigenvalue weighted by atomic mass is 16.3. The van der Waals surface area contributed by atoms with E-state index in [1.807, 2.05) is 6.92 Å². The van der Waals surface area contributed by atoms with Crippen molar-refractivity contribution in [2.75, 3.05) is 13.1 Å². The fourth-order valence-electron chi connectivity index (χ4n) is 1.49. The predicted octanol–water partition coefficient (Wildman–Crippen LogP) is 1.84. The minimum absolute atomic E-state index is 0.0596. The molecule has 1 amide bonds. The second kappa shape index (κ2) is 7.06. The number of aryl methyl sites for hydroxylation is 1. The van der Waals surface area contributed by atoms with Gasteiger partial charge in [0, 0.05) is 6.54 Å². The maximum absolute atomic E-state index is 11.6. The summed E-state index contributed by atoms with van der Waals surface area (Å²) in [5, 5.41) is 2.86. The van der Waals surface area contributed by atoms with Gasteiger partial charge in [-0.15, -0.1) is 0 Å². The van der Waals surface area contributed by atoms with Crippen molar-refractivity contribution in [1.29, 1.82) is 0 Å². The first-order valence-electron chi connectivity index (χ1n) is 5.77. The lowest BCUT2D eigenvalue weighted by atomic mass is 10.2. The summed E-state index contributed by atoms with van der Waals surface area (Å²) in [5.74, 6) is 0.698. The third-order valence-electron chi connectivity index (χ3n) is 2.41. The minimum Gasteiger partial charge on any atom is -0.469 e. The minimum atomic E-state index is -0.0596. The molecular weight excluding hydrogens is 204 g/mol. The number of nitrogens with one attached hydrogen (secondary N) is 1. The van der Waals surface area contributed by atoms with Crippen LogP contribution in [0.15, 0.2) is 16.7 Å². The molecule has 0 unspecified atom stereocenters. The number of carbonyl (C=O) groups is 1. The van der Waals surface area contributed by atoms with Crippen LogP contribution in [0.4, 0.5) is 0 Å². The second-order valence-corrected chi connectivity index (χ2v) is 3.90. The van der Waals surface area contributed by atoms with E-state index < -0.39 is 0 Å². The molecule has 1 heterocycles. The average molecular weight is 224 g/mol. The topological polar surface area (TPSA) is 68.3 Å². The quantitative estimate of drug-likeness (QED) is 0.694. The van der Waals surface area contributed by atoms with E-state index in [0.29, 0.717) is 12.1 Å². The molecule has 4 heteroatoms. The highest BCUT2D eigenvalue weighted by Crippen LogP contribution is 2.05. The maximum Gasteiger partial charge on any atom is 0.254 e. The van der Waals surface area contributed by atoms with Gasteiger partial charge in [-0.3, -0.25) is 4.79 Å². The van der Waals surface area contributed by atoms with Crippen LogP contribution in [0.1, 0.15) is 41.8 Å². The third kappa shape index (κ3) is 4.49. The molecule has 0 saturated heterocycles. The van der Waals surface area contributed by atoms with Crippen LogP contribution in [0.5, 0.6) is 0 Å². The first kappa shape index (κ1) is 12.8. The van der Waals surface area contributed by atoms with Gasteiger partial charge in [-0.1, -0.05) is 12.8 Å². The van der Waals surface area contributed by atoms with Crippen LogP contribution in [0.2, 0.25) is 0 Å². The van der Waals surface area contributed by atoms with Gasteiger partial charge in [-0.2, -0.15) is 0 Å². The first-order chi connectivity index (χ1) is 7.74. The second-order valence-electron chi connectivity index (χ2n) is 3.90. The van der Waals surface area contributed by atoms with Crippen LogP contribution in [0, 0.1) is 6.92 Å². The summed E-state index contributed by atoms with van der Waals surface area (Å²) in [4.78, 5) is 11.6. The molecule has 1 rings (SSSR count). The molecule has 0 saturated carbocycles. The Labute approximate surface area is 96.2 Å². The molecule has 0 atom stereocenters. The lowest BCUT2D eigenvalue weighted by Gasteiger charge is -2.02. The van der Waals surface area contributed by atoms with Crippen molar-refractivity contribution < 1.29 is 9.21 Å². The van der Waals surface area contributed by atoms with Crippen molar-refractivity contribution in [2.45, 2.75) is 32.6 Å². The third-order valence-corrected chi connectivity index (χ3v) is 2.41. The van der Waals surface area contributed by atoms with Gasteiger partial charge in [0.15, 0.2) is 0 Å². The average Bonchev–Trinajstić information content (AvgIpc) is 2.70. The van der Waals surface area contributed by atoms with Crippen molar-refractivity contribution in [3.05, 3.63) is 23.7 Å². The summed E-state index contributed by atoms with van der Waals surface area (Å²) < 4.78 is 5.07. The summed E-state index contributed by atoms with van der Waals surface area (Å²) >= 11 is 0. The first-order valence-corrected chi connectivity index (χ1v) is 5.77. The molecule has 0 spiro atoms. The molecule has 0 aromatic carbocycles. The van der Waals surface area contributed by atoms with E-state index in [9.17, 15) is 4.79 Å². The van der Waals surface area contributed by atoms with Crippen LogP contribution >= 0.6 is 0 Å². The summed E-state index contributed by atoms with van der Waals surface area (Å²) in [6, 6.07) is 1.74. The highest BCUT2D eigenvalue weighted by molar-refractivity contribution is 5.93. The predicted molar refractivity (Wildman–Crippen MR) is 63.3 cm³/mol. The van der Waals surface area contributed by atoms with Crippen molar-refractivity contribution in [3.8, 4) is 0 Å². The van der Waals surface area contributed by atoms with E-state index in [2.05, 4.69) is 5.32 Å². The molecular formula is C12H20N2O2. The number of amides is 1. The largest absolute Gasteiger partial charge is 0.469 e. The smallest absolute Gasteiger partial charge is 0.254 e. The van der Waals surface area contributed by atoms with E-state index >= 15 is 0 Å². The van der Waals surface area contributed by atoms with E-state index in [-0.39, 0.29) is 5.91 Å². The number of hydrogen-bond donors (Lipinski definition) is 2. The Morgan fingerprint density at radius 1 is 1.38 bits per heavy atom. The number of furan rings is 1. The molecule has 1 aromatic rings. The molecule has 0 aliphatic carbocycles. The monoisotopic (exact) mass is 224 g/mol. The Kier molecular flexibility index (Phi) is 5.64. The van der Waals surface area contributed by atoms with Crippen LogP contribution in [-0.4, -0.2) is 19.0 Å². The van der Waals surface area contributed by atoms with Crippen LogP contribution in [-0.2, 0) is 0 Å². The fraction of sp³-hybridized carbons (Fsp3) is 0.583. The molecule has 90 valence electrons. The molecule has 1 aromatic heterocycles. The lowest BCUT2D eigenvalue weighted by Crippen LogP contribution is -2.23. The normalized spacial score (nSPS) is 10.4. The van der Waals surface area contributed by atoms with Crippen molar-refractivity contribution in [2.24, 2.45) is 5.73 Å². The number of unbranched alkanes of at least 4 members (excludes halogenated alkanes) is 3. The summed E-state index contributed by atoms with van der Waals surface area (Å²) in [5.41, 5.74) is 5.99. The van der Waals surface area contributed by atoms with E-state index in [1.165, 1.54) is 6.26 Å². The zero-order valence-corrected chi connectivity index (χ0v) is 9.79. The van der Waals surface area contributed by atoms with Crippen LogP contribution < -0.4 is 11.1 Å². The zero-order chi connectivity index (χ0) is 11.8. The maximum atomic E-state index is 11.6. The molecule has 0 bridgehead atoms. The zero-order valence-electron chi connectivity index (χ0n) is 9.79. The van der Waals surface area contributed by atoms with Gasteiger partial charge in [-0.25, -0.2) is 0 Å². The van der Waals surface area contributed by atoms with Gasteiger partial charge in [0.25, 0.3) is 5.91 Å². The Morgan fingerprint density at radius 3 is 2.75 bits per heavy atom. The number of nitrogens with two attached hydrogens (primary N) is 1. The van der Waals surface area contributed by atoms with E-state index in [1.54, 1.807) is 6.07 Å². The SMILES string of the molecule is Cc1cc(C(=O)NCCCCCCN)co1. The van der Waals surface area contributed by atoms with E-state index in [0.717, 1.165) is 38.0 Å². The van der Waals surface area contributed by atoms with Gasteiger partial charge < -0.3 is 15.5 Å². The van der Waals surface area contributed by atoms with Gasteiger partial charge in [0.1, 0.15) is 12.0 Å². The molecule has 3 N–H and O–H groups in total. The fourth-order valence-corrected chi connectivity index (χ4v) is 1.49. The van der Waals surface area contributed by atoms with Crippen LogP contribution in [0.25, 0.3) is 0 Å². The Balaban J connectivity index is 2.11. The summed E-state index contributed by atoms with van der Waals surface area (Å²) in [6.45, 7) is 3.29. The van der Waals surface area contributed by atoms with Crippen molar-refractivity contribution in [3.63, 3.8) is 0 Å². The highest BCUT2D eigenvalue weighted by Gasteiger charge is 2.06. The van der Waals surface area contributed by atoms with Gasteiger partial charge in [0.2, 0.25) is 0 Å². The number of carbonyl (C=O) groups excluding carboxylic acids is 1. The molecule has 0 aliphatic heterocycles. The molecule has 16 heavy (non-hydrogen) atoms. The molecule has 0 radical (unpaired) electrons. The van der Waals surface area contributed by atoms with Gasteiger partial charge in [-0.05, 0) is 32.4 Å². The van der Waals surface area contributed by atoms with Crippen molar-refractivity contribution in [1.82, 2.24) is 5.32 Å². The van der Waals surface area contributed by atoms with Gasteiger partial charge >= 0.3 is 0 Å². The summed E-state index contributed by atoms with van der Waals surface area (Å²) in [7, 11) is 0. The molecule has 0 fully saturated rings. The molecule has 0 aliphatic rings. The summed E-state index contributed by atoms with van der Waals surface area (Å²) in [6.07, 6.45) is 5.80. The molecule has 4 nitrogen and oxygen atoms in total. The van der Waals surface area contributed by atoms with E-state index in [4.69, 9.17) is 10.2 Å². The Hall–Kier alpha value is -1.29. The van der Waals surface area contributed by atoms with Crippen LogP contribution in [0.3, 0.4) is 0 Å². The van der Waals surface area contributed by atoms with Crippen molar-refractivity contribution >= 4 is 5.91 Å². The standard InChI is InChI=1S/C12H20N2O2/c1-10-8-11(9-16-10)12(15)14-7-5-3-2-4-6-13/h8-9H,2-7,13H2,1H3,(H,14,15). The Morgan fingerprint density at radius 2 is 2.12 bits per heavy atom. The number of rotatable bonds is 7. The van der Waals surface area contributed by atoms with Gasteiger partial charge in [0.05, 0.1) is 5.56 Å². The number of hydrogen-bond acceptors (Lipinski definition) is 3. The lowest BCUT2D eigenvalue weighted by molar-refractivity contribution is 0.0952. The Bertz CT molecular complexity index is 321.